The summed E-state index contributed by atoms with van der Waals surface area (Å²) in [6.45, 7) is 2.18. The molecule has 0 aliphatic heterocycles. The van der Waals surface area contributed by atoms with Crippen LogP contribution in [-0.2, 0) is 13.0 Å². The molecule has 2 aromatic heterocycles. The Hall–Kier alpha value is -4.34. The smallest absolute Gasteiger partial charge is 0.423 e. The zero-order chi connectivity index (χ0) is 25.0. The monoisotopic (exact) mass is 483 g/mol. The van der Waals surface area contributed by atoms with Crippen molar-refractivity contribution < 1.29 is 32.2 Å². The van der Waals surface area contributed by atoms with Crippen molar-refractivity contribution in [1.82, 2.24) is 14.7 Å². The highest BCUT2D eigenvalue weighted by molar-refractivity contribution is 5.94. The third kappa shape index (κ3) is 5.78. The maximum Gasteiger partial charge on any atom is 0.573 e. The van der Waals surface area contributed by atoms with E-state index >= 15 is 0 Å². The van der Waals surface area contributed by atoms with Crippen LogP contribution in [0, 0.1) is 0 Å². The number of carbonyl (C=O) groups excluding carboxylic acids is 2. The number of fused-ring (bicyclic) bond motifs is 1. The van der Waals surface area contributed by atoms with Gasteiger partial charge in [0.2, 0.25) is 0 Å². The first kappa shape index (κ1) is 23.8. The summed E-state index contributed by atoms with van der Waals surface area (Å²) in [6.07, 6.45) is -2.41. The molecule has 0 atom stereocenters. The van der Waals surface area contributed by atoms with E-state index in [1.165, 1.54) is 12.1 Å². The fraction of sp³-hybridized carbons (Fsp3) is 0.160. The first-order valence-corrected chi connectivity index (χ1v) is 10.6. The molecule has 180 valence electrons. The molecular weight excluding hydrogens is 463 g/mol. The lowest BCUT2D eigenvalue weighted by Gasteiger charge is -2.10. The molecule has 4 aromatic rings. The van der Waals surface area contributed by atoms with E-state index in [9.17, 15) is 22.8 Å². The lowest BCUT2D eigenvalue weighted by atomic mass is 10.2. The summed E-state index contributed by atoms with van der Waals surface area (Å²) in [6, 6.07) is 16.4. The van der Waals surface area contributed by atoms with Gasteiger partial charge in [0.25, 0.3) is 5.91 Å². The molecule has 7 nitrogen and oxygen atoms in total. The average molecular weight is 483 g/mol. The predicted molar refractivity (Wildman–Crippen MR) is 120 cm³/mol. The average Bonchev–Trinajstić information content (AvgIpc) is 3.21. The highest BCUT2D eigenvalue weighted by atomic mass is 19.4. The Labute approximate surface area is 198 Å². The number of carbonyl (C=O) groups is 2. The number of halogens is 3. The lowest BCUT2D eigenvalue weighted by molar-refractivity contribution is -0.274. The van der Waals surface area contributed by atoms with E-state index in [4.69, 9.17) is 4.74 Å². The van der Waals surface area contributed by atoms with Crippen molar-refractivity contribution in [2.45, 2.75) is 26.3 Å². The van der Waals surface area contributed by atoms with Crippen molar-refractivity contribution in [3.8, 4) is 11.5 Å². The number of hydrogen-bond acceptors (Lipinski definition) is 5. The minimum atomic E-state index is -4.81. The molecule has 0 aliphatic rings. The number of aromatic nitrogens is 2. The van der Waals surface area contributed by atoms with E-state index in [1.54, 1.807) is 34.9 Å². The summed E-state index contributed by atoms with van der Waals surface area (Å²) in [5, 5.41) is 2.88. The van der Waals surface area contributed by atoms with Gasteiger partial charge in [-0.1, -0.05) is 25.1 Å². The van der Waals surface area contributed by atoms with E-state index in [2.05, 4.69) is 15.0 Å². The van der Waals surface area contributed by atoms with Crippen LogP contribution in [0.1, 0.15) is 39.0 Å². The number of alkyl halides is 3. The van der Waals surface area contributed by atoms with Gasteiger partial charge in [-0.15, -0.1) is 13.2 Å². The third-order valence-corrected chi connectivity index (χ3v) is 5.06. The van der Waals surface area contributed by atoms with Crippen LogP contribution < -0.4 is 14.8 Å². The lowest BCUT2D eigenvalue weighted by Crippen LogP contribution is -2.25. The van der Waals surface area contributed by atoms with Crippen molar-refractivity contribution in [1.29, 1.82) is 0 Å². The van der Waals surface area contributed by atoms with Crippen LogP contribution in [0.25, 0.3) is 5.65 Å². The molecule has 2 heterocycles. The minimum absolute atomic E-state index is 0.0654. The maximum atomic E-state index is 12.8. The molecule has 0 radical (unpaired) electrons. The van der Waals surface area contributed by atoms with E-state index in [0.29, 0.717) is 23.5 Å². The van der Waals surface area contributed by atoms with Crippen LogP contribution in [0.2, 0.25) is 0 Å². The molecule has 0 spiro atoms. The molecule has 0 unspecified atom stereocenters. The van der Waals surface area contributed by atoms with Crippen LogP contribution in [-0.4, -0.2) is 27.6 Å². The molecule has 0 saturated heterocycles. The molecule has 0 fully saturated rings. The van der Waals surface area contributed by atoms with Crippen LogP contribution in [0.3, 0.4) is 0 Å². The first-order valence-electron chi connectivity index (χ1n) is 10.6. The van der Waals surface area contributed by atoms with Crippen LogP contribution in [0.4, 0.5) is 13.2 Å². The number of nitrogens with zero attached hydrogens (tertiary/aromatic N) is 2. The highest BCUT2D eigenvalue weighted by Gasteiger charge is 2.31. The molecule has 4 rings (SSSR count). The summed E-state index contributed by atoms with van der Waals surface area (Å²) in [4.78, 5) is 29.6. The van der Waals surface area contributed by atoms with Crippen LogP contribution >= 0.6 is 0 Å². The number of hydrogen-bond donors (Lipinski definition) is 1. The molecule has 35 heavy (non-hydrogen) atoms. The summed E-state index contributed by atoms with van der Waals surface area (Å²) in [5.41, 5.74) is 2.73. The van der Waals surface area contributed by atoms with Crippen LogP contribution in [0.5, 0.6) is 11.5 Å². The van der Waals surface area contributed by atoms with Gasteiger partial charge in [-0.25, -0.2) is 9.78 Å². The molecule has 0 saturated carbocycles. The Morgan fingerprint density at radius 3 is 2.31 bits per heavy atom. The van der Waals surface area contributed by atoms with Gasteiger partial charge in [0.05, 0.1) is 11.3 Å². The Bertz CT molecular complexity index is 1350. The number of pyridine rings is 1. The Kier molecular flexibility index (Phi) is 6.72. The second-order valence-corrected chi connectivity index (χ2v) is 7.48. The van der Waals surface area contributed by atoms with Gasteiger partial charge in [0, 0.05) is 12.7 Å². The summed E-state index contributed by atoms with van der Waals surface area (Å²) < 4.78 is 47.5. The highest BCUT2D eigenvalue weighted by Crippen LogP contribution is 2.23. The number of ether oxygens (including phenoxy) is 2. The van der Waals surface area contributed by atoms with Crippen molar-refractivity contribution in [2.24, 2.45) is 0 Å². The zero-order valence-corrected chi connectivity index (χ0v) is 18.5. The summed E-state index contributed by atoms with van der Waals surface area (Å²) in [5.74, 6) is -1.18. The quantitative estimate of drug-likeness (QED) is 0.297. The Morgan fingerprint density at radius 1 is 0.971 bits per heavy atom. The number of esters is 1. The van der Waals surface area contributed by atoms with Gasteiger partial charge in [0.15, 0.2) is 0 Å². The number of nitrogens with one attached hydrogen (secondary N) is 1. The van der Waals surface area contributed by atoms with Crippen LogP contribution in [0.15, 0.2) is 72.9 Å². The summed E-state index contributed by atoms with van der Waals surface area (Å²) >= 11 is 0. The fourth-order valence-corrected chi connectivity index (χ4v) is 3.43. The predicted octanol–water partition coefficient (Wildman–Crippen LogP) is 4.94. The van der Waals surface area contributed by atoms with Crippen molar-refractivity contribution in [3.05, 3.63) is 95.4 Å². The van der Waals surface area contributed by atoms with E-state index in [-0.39, 0.29) is 23.8 Å². The molecule has 0 bridgehead atoms. The Balaban J connectivity index is 1.36. The van der Waals surface area contributed by atoms with Gasteiger partial charge < -0.3 is 14.8 Å². The minimum Gasteiger partial charge on any atom is -0.423 e. The van der Waals surface area contributed by atoms with E-state index in [0.717, 1.165) is 17.7 Å². The fourth-order valence-electron chi connectivity index (χ4n) is 3.43. The van der Waals surface area contributed by atoms with Gasteiger partial charge in [-0.05, 0) is 60.5 Å². The van der Waals surface area contributed by atoms with E-state index in [1.807, 2.05) is 25.1 Å². The second-order valence-electron chi connectivity index (χ2n) is 7.48. The zero-order valence-electron chi connectivity index (χ0n) is 18.5. The molecule has 1 amide bonds. The van der Waals surface area contributed by atoms with Crippen molar-refractivity contribution in [2.75, 3.05) is 0 Å². The molecule has 2 aromatic carbocycles. The van der Waals surface area contributed by atoms with Crippen molar-refractivity contribution >= 4 is 17.5 Å². The largest absolute Gasteiger partial charge is 0.573 e. The molecular formula is C25H20F3N3O4. The van der Waals surface area contributed by atoms with Gasteiger partial charge in [0.1, 0.15) is 22.8 Å². The number of imidazole rings is 1. The maximum absolute atomic E-state index is 12.8. The normalized spacial score (nSPS) is 11.3. The number of rotatable bonds is 7. The van der Waals surface area contributed by atoms with E-state index < -0.39 is 18.1 Å². The van der Waals surface area contributed by atoms with Gasteiger partial charge in [-0.3, -0.25) is 9.20 Å². The second kappa shape index (κ2) is 9.88. The Morgan fingerprint density at radius 2 is 1.66 bits per heavy atom. The summed E-state index contributed by atoms with van der Waals surface area (Å²) in [7, 11) is 0. The third-order valence-electron chi connectivity index (χ3n) is 5.06. The molecule has 10 heteroatoms. The number of aryl methyl sites for hydroxylation is 1. The van der Waals surface area contributed by atoms with Crippen molar-refractivity contribution in [3.63, 3.8) is 0 Å². The van der Waals surface area contributed by atoms with Gasteiger partial charge in [-0.2, -0.15) is 0 Å². The molecule has 0 aliphatic carbocycles. The van der Waals surface area contributed by atoms with Gasteiger partial charge >= 0.3 is 12.3 Å². The standard InChI is InChI=1S/C25H20F3N3O4/c1-2-20-22(31-14-4-3-5-21(31)30-20)23(32)29-15-16-6-10-18(11-7-16)34-24(33)17-8-12-19(13-9-17)35-25(26,27)28/h3-14H,2,15H2,1H3,(H,29,32). The SMILES string of the molecule is CCc1nc2ccccn2c1C(=O)NCc1ccc(OC(=O)c2ccc(OC(F)(F)F)cc2)cc1. The number of amides is 1. The number of benzene rings is 2. The molecule has 1 N–H and O–H groups in total. The first-order chi connectivity index (χ1) is 16.7. The topological polar surface area (TPSA) is 81.9 Å².